The monoisotopic (exact) mass is 223 g/mol. The minimum absolute atomic E-state index is 0.0609. The van der Waals surface area contributed by atoms with Crippen LogP contribution in [0.4, 0.5) is 0 Å². The molecule has 1 rings (SSSR count). The van der Waals surface area contributed by atoms with Crippen LogP contribution in [0.1, 0.15) is 44.3 Å². The first-order valence-electron chi connectivity index (χ1n) is 5.18. The third-order valence-corrected chi connectivity index (χ3v) is 2.92. The van der Waals surface area contributed by atoms with Gasteiger partial charge in [-0.05, 0) is 18.1 Å². The minimum atomic E-state index is 0.0609. The number of nitrogens with zero attached hydrogens (tertiary/aromatic N) is 1. The van der Waals surface area contributed by atoms with Crippen molar-refractivity contribution in [3.8, 4) is 0 Å². The number of ketones is 1. The molecule has 0 bridgehead atoms. The summed E-state index contributed by atoms with van der Waals surface area (Å²) in [6, 6.07) is 0. The smallest absolute Gasteiger partial charge is 0.158 e. The van der Waals surface area contributed by atoms with Crippen LogP contribution in [-0.4, -0.2) is 10.8 Å². The Balaban J connectivity index is 2.69. The first-order chi connectivity index (χ1) is 7.00. The predicted octanol–water partition coefficient (Wildman–Crippen LogP) is 3.50. The van der Waals surface area contributed by atoms with Gasteiger partial charge in [0.05, 0.1) is 5.69 Å². The lowest BCUT2D eigenvalue weighted by atomic mass is 10.1. The molecule has 1 heterocycles. The summed E-state index contributed by atoms with van der Waals surface area (Å²) in [6.45, 7) is 8.02. The maximum Gasteiger partial charge on any atom is 0.158 e. The molecule has 3 heteroatoms. The summed E-state index contributed by atoms with van der Waals surface area (Å²) in [5.41, 5.74) is 1.09. The highest BCUT2D eigenvalue weighted by atomic mass is 32.1. The zero-order valence-electron chi connectivity index (χ0n) is 9.65. The van der Waals surface area contributed by atoms with Crippen LogP contribution in [0, 0.1) is 5.92 Å². The van der Waals surface area contributed by atoms with E-state index in [1.54, 1.807) is 23.5 Å². The van der Waals surface area contributed by atoms with E-state index < -0.39 is 0 Å². The van der Waals surface area contributed by atoms with E-state index in [-0.39, 0.29) is 11.7 Å². The van der Waals surface area contributed by atoms with Crippen molar-refractivity contribution in [2.75, 3.05) is 0 Å². The van der Waals surface area contributed by atoms with Gasteiger partial charge in [-0.15, -0.1) is 11.3 Å². The second kappa shape index (κ2) is 5.21. The zero-order chi connectivity index (χ0) is 11.4. The van der Waals surface area contributed by atoms with Crippen molar-refractivity contribution < 1.29 is 4.79 Å². The fourth-order valence-electron chi connectivity index (χ4n) is 0.988. The van der Waals surface area contributed by atoms with Gasteiger partial charge < -0.3 is 0 Å². The third-order valence-electron chi connectivity index (χ3n) is 2.09. The minimum Gasteiger partial charge on any atom is -0.295 e. The van der Waals surface area contributed by atoms with E-state index in [1.807, 2.05) is 19.2 Å². The Labute approximate surface area is 95.0 Å². The molecule has 15 heavy (non-hydrogen) atoms. The van der Waals surface area contributed by atoms with Gasteiger partial charge in [0.25, 0.3) is 0 Å². The van der Waals surface area contributed by atoms with Crippen LogP contribution in [0.15, 0.2) is 11.5 Å². The molecule has 2 nitrogen and oxygen atoms in total. The molecular weight excluding hydrogens is 206 g/mol. The topological polar surface area (TPSA) is 30.0 Å². The molecule has 0 N–H and O–H groups in total. The van der Waals surface area contributed by atoms with E-state index >= 15 is 0 Å². The maximum atomic E-state index is 11.3. The SMILES string of the molecule is CC(C)C(=O)/C=C/c1nc(C(C)C)cs1. The van der Waals surface area contributed by atoms with Crippen LogP contribution >= 0.6 is 11.3 Å². The number of hydrogen-bond acceptors (Lipinski definition) is 3. The van der Waals surface area contributed by atoms with Crippen molar-refractivity contribution in [3.05, 3.63) is 22.2 Å². The lowest BCUT2D eigenvalue weighted by molar-refractivity contribution is -0.117. The number of carbonyl (C=O) groups excluding carboxylic acids is 1. The summed E-state index contributed by atoms with van der Waals surface area (Å²) in [4.78, 5) is 15.8. The standard InChI is InChI=1S/C12H17NOS/c1-8(2)10-7-15-12(13-10)6-5-11(14)9(3)4/h5-9H,1-4H3/b6-5+. The van der Waals surface area contributed by atoms with Gasteiger partial charge in [-0.1, -0.05) is 27.7 Å². The Morgan fingerprint density at radius 3 is 2.53 bits per heavy atom. The Kier molecular flexibility index (Phi) is 4.21. The van der Waals surface area contributed by atoms with Gasteiger partial charge in [0, 0.05) is 11.3 Å². The third kappa shape index (κ3) is 3.59. The highest BCUT2D eigenvalue weighted by Gasteiger charge is 2.05. The fourth-order valence-corrected chi connectivity index (χ4v) is 1.86. The molecule has 0 aliphatic carbocycles. The Hall–Kier alpha value is -0.960. The molecule has 1 aromatic rings. The summed E-state index contributed by atoms with van der Waals surface area (Å²) in [5.74, 6) is 0.659. The lowest BCUT2D eigenvalue weighted by Gasteiger charge is -1.96. The molecule has 1 aromatic heterocycles. The quantitative estimate of drug-likeness (QED) is 0.731. The van der Waals surface area contributed by atoms with E-state index in [9.17, 15) is 4.79 Å². The first kappa shape index (κ1) is 12.1. The highest BCUT2D eigenvalue weighted by Crippen LogP contribution is 2.18. The van der Waals surface area contributed by atoms with Gasteiger partial charge in [-0.25, -0.2) is 4.98 Å². The van der Waals surface area contributed by atoms with Crippen LogP contribution < -0.4 is 0 Å². The number of allylic oxidation sites excluding steroid dienone is 1. The van der Waals surface area contributed by atoms with Gasteiger partial charge in [-0.2, -0.15) is 0 Å². The van der Waals surface area contributed by atoms with Gasteiger partial charge in [-0.3, -0.25) is 4.79 Å². The van der Waals surface area contributed by atoms with Crippen LogP contribution in [0.25, 0.3) is 6.08 Å². The van der Waals surface area contributed by atoms with E-state index in [4.69, 9.17) is 0 Å². The van der Waals surface area contributed by atoms with Crippen LogP contribution in [0.3, 0.4) is 0 Å². The number of thiazole rings is 1. The summed E-state index contributed by atoms with van der Waals surface area (Å²) in [6.07, 6.45) is 3.42. The van der Waals surface area contributed by atoms with Gasteiger partial charge in [0.15, 0.2) is 5.78 Å². The van der Waals surface area contributed by atoms with Gasteiger partial charge in [0.1, 0.15) is 5.01 Å². The number of hydrogen-bond donors (Lipinski definition) is 0. The summed E-state index contributed by atoms with van der Waals surface area (Å²) >= 11 is 1.58. The molecule has 0 spiro atoms. The molecule has 0 fully saturated rings. The Morgan fingerprint density at radius 2 is 2.07 bits per heavy atom. The molecule has 0 atom stereocenters. The molecule has 0 aliphatic rings. The number of rotatable bonds is 4. The molecular formula is C12H17NOS. The van der Waals surface area contributed by atoms with Crippen molar-refractivity contribution in [2.45, 2.75) is 33.6 Å². The van der Waals surface area contributed by atoms with Crippen molar-refractivity contribution in [3.63, 3.8) is 0 Å². The Morgan fingerprint density at radius 1 is 1.40 bits per heavy atom. The molecule has 82 valence electrons. The number of carbonyl (C=O) groups is 1. The molecule has 0 aliphatic heterocycles. The second-order valence-corrected chi connectivity index (χ2v) is 5.05. The molecule has 0 aromatic carbocycles. The van der Waals surface area contributed by atoms with Crippen LogP contribution in [0.5, 0.6) is 0 Å². The van der Waals surface area contributed by atoms with E-state index in [0.29, 0.717) is 5.92 Å². The lowest BCUT2D eigenvalue weighted by Crippen LogP contribution is -2.01. The number of aromatic nitrogens is 1. The average molecular weight is 223 g/mol. The summed E-state index contributed by atoms with van der Waals surface area (Å²) < 4.78 is 0. The molecule has 0 saturated heterocycles. The predicted molar refractivity (Wildman–Crippen MR) is 65.1 cm³/mol. The highest BCUT2D eigenvalue weighted by molar-refractivity contribution is 7.10. The first-order valence-corrected chi connectivity index (χ1v) is 6.06. The van der Waals surface area contributed by atoms with Crippen molar-refractivity contribution in [1.82, 2.24) is 4.98 Å². The van der Waals surface area contributed by atoms with E-state index in [1.165, 1.54) is 0 Å². The van der Waals surface area contributed by atoms with Gasteiger partial charge >= 0.3 is 0 Å². The molecule has 0 saturated carbocycles. The van der Waals surface area contributed by atoms with Crippen molar-refractivity contribution in [1.29, 1.82) is 0 Å². The molecule has 0 unspecified atom stereocenters. The summed E-state index contributed by atoms with van der Waals surface area (Å²) in [7, 11) is 0. The maximum absolute atomic E-state index is 11.3. The largest absolute Gasteiger partial charge is 0.295 e. The summed E-state index contributed by atoms with van der Waals surface area (Å²) in [5, 5.41) is 2.96. The second-order valence-electron chi connectivity index (χ2n) is 4.16. The molecule has 0 radical (unpaired) electrons. The molecule has 0 amide bonds. The van der Waals surface area contributed by atoms with E-state index in [0.717, 1.165) is 10.7 Å². The average Bonchev–Trinajstić information content (AvgIpc) is 2.62. The van der Waals surface area contributed by atoms with Gasteiger partial charge in [0.2, 0.25) is 0 Å². The van der Waals surface area contributed by atoms with Crippen molar-refractivity contribution in [2.24, 2.45) is 5.92 Å². The van der Waals surface area contributed by atoms with E-state index in [2.05, 4.69) is 18.8 Å². The fraction of sp³-hybridized carbons (Fsp3) is 0.500. The Bertz CT molecular complexity index is 363. The van der Waals surface area contributed by atoms with Crippen molar-refractivity contribution >= 4 is 23.2 Å². The zero-order valence-corrected chi connectivity index (χ0v) is 10.5. The normalized spacial score (nSPS) is 11.9. The van der Waals surface area contributed by atoms with Crippen LogP contribution in [0.2, 0.25) is 0 Å². The van der Waals surface area contributed by atoms with Crippen LogP contribution in [-0.2, 0) is 4.79 Å².